The van der Waals surface area contributed by atoms with Crippen molar-refractivity contribution in [2.75, 3.05) is 26.8 Å². The van der Waals surface area contributed by atoms with Crippen LogP contribution in [0.5, 0.6) is 0 Å². The Hall–Kier alpha value is -1.43. The molecular weight excluding hydrogens is 266 g/mol. The Morgan fingerprint density at radius 2 is 1.95 bits per heavy atom. The fourth-order valence-electron chi connectivity index (χ4n) is 2.81. The van der Waals surface area contributed by atoms with E-state index in [1.165, 1.54) is 0 Å². The van der Waals surface area contributed by atoms with Gasteiger partial charge in [-0.05, 0) is 31.9 Å². The van der Waals surface area contributed by atoms with Crippen molar-refractivity contribution >= 4 is 5.91 Å². The SMILES string of the molecule is CN(CCC(N)(C(N)=O)c1ccccc1)C1CCOCC1. The number of benzene rings is 1. The van der Waals surface area contributed by atoms with Crippen LogP contribution >= 0.6 is 0 Å². The lowest BCUT2D eigenvalue weighted by atomic mass is 9.86. The Bertz CT molecular complexity index is 460. The highest BCUT2D eigenvalue weighted by Crippen LogP contribution is 2.23. The molecule has 116 valence electrons. The van der Waals surface area contributed by atoms with Gasteiger partial charge in [-0.25, -0.2) is 0 Å². The summed E-state index contributed by atoms with van der Waals surface area (Å²) in [6.45, 7) is 2.34. The van der Waals surface area contributed by atoms with Gasteiger partial charge in [0.05, 0.1) is 0 Å². The average Bonchev–Trinajstić information content (AvgIpc) is 2.53. The molecule has 0 aromatic heterocycles. The van der Waals surface area contributed by atoms with Crippen molar-refractivity contribution in [3.8, 4) is 0 Å². The van der Waals surface area contributed by atoms with Crippen molar-refractivity contribution in [2.45, 2.75) is 30.8 Å². The number of hydrogen-bond donors (Lipinski definition) is 2. The van der Waals surface area contributed by atoms with Crippen molar-refractivity contribution in [2.24, 2.45) is 11.5 Å². The van der Waals surface area contributed by atoms with E-state index in [1.807, 2.05) is 30.3 Å². The van der Waals surface area contributed by atoms with Crippen molar-refractivity contribution in [1.29, 1.82) is 0 Å². The minimum atomic E-state index is -1.11. The van der Waals surface area contributed by atoms with E-state index in [2.05, 4.69) is 11.9 Å². The van der Waals surface area contributed by atoms with E-state index in [0.29, 0.717) is 12.5 Å². The summed E-state index contributed by atoms with van der Waals surface area (Å²) in [5, 5.41) is 0. The lowest BCUT2D eigenvalue weighted by molar-refractivity contribution is -0.123. The second kappa shape index (κ2) is 7.02. The number of nitrogens with zero attached hydrogens (tertiary/aromatic N) is 1. The molecule has 1 heterocycles. The number of carbonyl (C=O) groups is 1. The van der Waals surface area contributed by atoms with Crippen molar-refractivity contribution in [3.63, 3.8) is 0 Å². The van der Waals surface area contributed by atoms with Crippen LogP contribution in [0.1, 0.15) is 24.8 Å². The van der Waals surface area contributed by atoms with Crippen LogP contribution < -0.4 is 11.5 Å². The first-order valence-electron chi connectivity index (χ1n) is 7.46. The van der Waals surface area contributed by atoms with Crippen LogP contribution in [-0.2, 0) is 15.1 Å². The molecule has 21 heavy (non-hydrogen) atoms. The molecule has 4 N–H and O–H groups in total. The first-order chi connectivity index (χ1) is 10.0. The van der Waals surface area contributed by atoms with E-state index in [0.717, 1.165) is 38.2 Å². The second-order valence-corrected chi connectivity index (χ2v) is 5.78. The highest BCUT2D eigenvalue weighted by molar-refractivity contribution is 5.85. The zero-order chi connectivity index (χ0) is 15.3. The molecule has 1 aromatic carbocycles. The fraction of sp³-hybridized carbons (Fsp3) is 0.562. The smallest absolute Gasteiger partial charge is 0.242 e. The molecule has 1 unspecified atom stereocenters. The van der Waals surface area contributed by atoms with Gasteiger partial charge in [0, 0.05) is 25.8 Å². The standard InChI is InChI=1S/C16H25N3O2/c1-19(14-7-11-21-12-8-14)10-9-16(18,15(17)20)13-5-3-2-4-6-13/h2-6,14H,7-12,18H2,1H3,(H2,17,20). The van der Waals surface area contributed by atoms with Crippen molar-refractivity contribution in [3.05, 3.63) is 35.9 Å². The van der Waals surface area contributed by atoms with Gasteiger partial charge in [-0.15, -0.1) is 0 Å². The lowest BCUT2D eigenvalue weighted by Gasteiger charge is -2.34. The van der Waals surface area contributed by atoms with Crippen LogP contribution in [0.2, 0.25) is 0 Å². The van der Waals surface area contributed by atoms with Gasteiger partial charge in [-0.2, -0.15) is 0 Å². The highest BCUT2D eigenvalue weighted by Gasteiger charge is 2.34. The number of ether oxygens (including phenoxy) is 1. The molecule has 1 atom stereocenters. The predicted octanol–water partition coefficient (Wildman–Crippen LogP) is 0.827. The summed E-state index contributed by atoms with van der Waals surface area (Å²) in [5.74, 6) is -0.478. The van der Waals surface area contributed by atoms with E-state index in [4.69, 9.17) is 16.2 Å². The molecule has 0 saturated carbocycles. The molecule has 1 amide bonds. The summed E-state index contributed by atoms with van der Waals surface area (Å²) in [6, 6.07) is 9.87. The third-order valence-corrected chi connectivity index (χ3v) is 4.40. The van der Waals surface area contributed by atoms with Gasteiger partial charge in [-0.1, -0.05) is 30.3 Å². The molecule has 0 bridgehead atoms. The quantitative estimate of drug-likeness (QED) is 0.813. The highest BCUT2D eigenvalue weighted by atomic mass is 16.5. The lowest BCUT2D eigenvalue weighted by Crippen LogP contribution is -2.51. The number of primary amides is 1. The molecular formula is C16H25N3O2. The van der Waals surface area contributed by atoms with E-state index in [9.17, 15) is 4.79 Å². The summed E-state index contributed by atoms with van der Waals surface area (Å²) in [4.78, 5) is 14.1. The Balaban J connectivity index is 2.01. The van der Waals surface area contributed by atoms with Gasteiger partial charge < -0.3 is 21.1 Å². The number of amides is 1. The molecule has 0 spiro atoms. The minimum absolute atomic E-state index is 0.478. The van der Waals surface area contributed by atoms with Crippen LogP contribution in [0.15, 0.2) is 30.3 Å². The van der Waals surface area contributed by atoms with Gasteiger partial charge in [0.15, 0.2) is 0 Å². The number of carbonyl (C=O) groups excluding carboxylic acids is 1. The minimum Gasteiger partial charge on any atom is -0.381 e. The van der Waals surface area contributed by atoms with Crippen LogP contribution in [-0.4, -0.2) is 43.7 Å². The average molecular weight is 291 g/mol. The fourth-order valence-corrected chi connectivity index (χ4v) is 2.81. The third-order valence-electron chi connectivity index (χ3n) is 4.40. The van der Waals surface area contributed by atoms with Crippen LogP contribution in [0.4, 0.5) is 0 Å². The molecule has 1 aromatic rings. The van der Waals surface area contributed by atoms with Gasteiger partial charge in [0.2, 0.25) is 5.91 Å². The van der Waals surface area contributed by atoms with Crippen LogP contribution in [0.3, 0.4) is 0 Å². The summed E-state index contributed by atoms with van der Waals surface area (Å²) in [6.07, 6.45) is 2.56. The maximum atomic E-state index is 11.9. The number of hydrogen-bond acceptors (Lipinski definition) is 4. The van der Waals surface area contributed by atoms with Crippen LogP contribution in [0, 0.1) is 0 Å². The molecule has 5 nitrogen and oxygen atoms in total. The Morgan fingerprint density at radius 1 is 1.33 bits per heavy atom. The third kappa shape index (κ3) is 3.81. The first kappa shape index (κ1) is 15.9. The molecule has 1 fully saturated rings. The molecule has 1 saturated heterocycles. The summed E-state index contributed by atoms with van der Waals surface area (Å²) in [5.41, 5.74) is 11.5. The Morgan fingerprint density at radius 3 is 2.52 bits per heavy atom. The molecule has 5 heteroatoms. The van der Waals surface area contributed by atoms with Gasteiger partial charge in [0.1, 0.15) is 5.54 Å². The zero-order valence-electron chi connectivity index (χ0n) is 12.6. The largest absolute Gasteiger partial charge is 0.381 e. The second-order valence-electron chi connectivity index (χ2n) is 5.78. The van der Waals surface area contributed by atoms with Crippen molar-refractivity contribution in [1.82, 2.24) is 4.90 Å². The van der Waals surface area contributed by atoms with E-state index in [-0.39, 0.29) is 0 Å². The van der Waals surface area contributed by atoms with Gasteiger partial charge in [0.25, 0.3) is 0 Å². The summed E-state index contributed by atoms with van der Waals surface area (Å²) >= 11 is 0. The van der Waals surface area contributed by atoms with Crippen molar-refractivity contribution < 1.29 is 9.53 Å². The first-order valence-corrected chi connectivity index (χ1v) is 7.46. The normalized spacial score (nSPS) is 19.4. The monoisotopic (exact) mass is 291 g/mol. The van der Waals surface area contributed by atoms with E-state index >= 15 is 0 Å². The van der Waals surface area contributed by atoms with Crippen LogP contribution in [0.25, 0.3) is 0 Å². The van der Waals surface area contributed by atoms with Gasteiger partial charge in [-0.3, -0.25) is 4.79 Å². The van der Waals surface area contributed by atoms with Gasteiger partial charge >= 0.3 is 0 Å². The predicted molar refractivity (Wildman–Crippen MR) is 82.6 cm³/mol. The van der Waals surface area contributed by atoms with E-state index < -0.39 is 11.4 Å². The Labute approximate surface area is 126 Å². The van der Waals surface area contributed by atoms with E-state index in [1.54, 1.807) is 0 Å². The molecule has 1 aliphatic heterocycles. The molecule has 0 radical (unpaired) electrons. The number of rotatable bonds is 6. The topological polar surface area (TPSA) is 81.6 Å². The molecule has 1 aliphatic rings. The zero-order valence-corrected chi connectivity index (χ0v) is 12.6. The number of nitrogens with two attached hydrogens (primary N) is 2. The summed E-state index contributed by atoms with van der Waals surface area (Å²) in [7, 11) is 2.07. The summed E-state index contributed by atoms with van der Waals surface area (Å²) < 4.78 is 5.38. The Kier molecular flexibility index (Phi) is 5.33. The maximum absolute atomic E-state index is 11.9. The maximum Gasteiger partial charge on any atom is 0.242 e. The molecule has 2 rings (SSSR count). The molecule has 0 aliphatic carbocycles.